The van der Waals surface area contributed by atoms with Gasteiger partial charge in [-0.1, -0.05) is 32.9 Å². The first kappa shape index (κ1) is 11.1. The standard InChI is InChI=1S/C10H16BNO2/c1-10(2,3)7-4-5-9(12)8(6-7)11(13)14/h4-6,13-14H,12H2,1-3H3. The average Bonchev–Trinajstić information content (AvgIpc) is 2.02. The zero-order valence-corrected chi connectivity index (χ0v) is 8.78. The quantitative estimate of drug-likeness (QED) is 0.442. The molecule has 0 aliphatic carbocycles. The number of hydrogen-bond donors (Lipinski definition) is 3. The summed E-state index contributed by atoms with van der Waals surface area (Å²) in [7, 11) is -1.50. The first-order valence-electron chi connectivity index (χ1n) is 4.58. The van der Waals surface area contributed by atoms with Crippen LogP contribution in [-0.2, 0) is 5.41 Å². The van der Waals surface area contributed by atoms with Crippen LogP contribution in [0.15, 0.2) is 18.2 Å². The Hall–Kier alpha value is -0.995. The van der Waals surface area contributed by atoms with E-state index in [1.165, 1.54) is 0 Å². The molecule has 0 amide bonds. The molecule has 0 spiro atoms. The summed E-state index contributed by atoms with van der Waals surface area (Å²) in [5, 5.41) is 18.1. The van der Waals surface area contributed by atoms with Gasteiger partial charge in [0.05, 0.1) is 0 Å². The molecule has 3 nitrogen and oxygen atoms in total. The van der Waals surface area contributed by atoms with Crippen LogP contribution in [-0.4, -0.2) is 17.2 Å². The molecular weight excluding hydrogens is 177 g/mol. The molecule has 4 N–H and O–H groups in total. The largest absolute Gasteiger partial charge is 0.490 e. The minimum Gasteiger partial charge on any atom is -0.423 e. The second-order valence-electron chi connectivity index (χ2n) is 4.47. The Morgan fingerprint density at radius 2 is 1.79 bits per heavy atom. The zero-order valence-electron chi connectivity index (χ0n) is 8.78. The van der Waals surface area contributed by atoms with Crippen LogP contribution < -0.4 is 11.2 Å². The molecule has 0 bridgehead atoms. The fourth-order valence-corrected chi connectivity index (χ4v) is 1.26. The Kier molecular flexibility index (Phi) is 2.88. The first-order chi connectivity index (χ1) is 6.32. The minimum atomic E-state index is -1.50. The third-order valence-corrected chi connectivity index (χ3v) is 2.23. The van der Waals surface area contributed by atoms with Gasteiger partial charge in [0, 0.05) is 11.2 Å². The highest BCUT2D eigenvalue weighted by molar-refractivity contribution is 6.60. The highest BCUT2D eigenvalue weighted by atomic mass is 16.4. The molecule has 4 heteroatoms. The summed E-state index contributed by atoms with van der Waals surface area (Å²) in [4.78, 5) is 0. The smallest absolute Gasteiger partial charge is 0.423 e. The molecule has 1 aromatic rings. The van der Waals surface area contributed by atoms with E-state index in [1.807, 2.05) is 6.07 Å². The summed E-state index contributed by atoms with van der Waals surface area (Å²) in [6.45, 7) is 6.18. The van der Waals surface area contributed by atoms with Crippen molar-refractivity contribution in [3.05, 3.63) is 23.8 Å². The molecule has 0 aromatic heterocycles. The van der Waals surface area contributed by atoms with E-state index in [4.69, 9.17) is 15.8 Å². The molecule has 0 unspecified atom stereocenters. The summed E-state index contributed by atoms with van der Waals surface area (Å²) in [6.07, 6.45) is 0. The van der Waals surface area contributed by atoms with E-state index in [2.05, 4.69) is 20.8 Å². The van der Waals surface area contributed by atoms with Crippen molar-refractivity contribution in [2.45, 2.75) is 26.2 Å². The lowest BCUT2D eigenvalue weighted by Gasteiger charge is -2.20. The maximum absolute atomic E-state index is 9.07. The monoisotopic (exact) mass is 193 g/mol. The van der Waals surface area contributed by atoms with E-state index >= 15 is 0 Å². The molecule has 0 heterocycles. The third kappa shape index (κ3) is 2.27. The average molecular weight is 193 g/mol. The zero-order chi connectivity index (χ0) is 10.9. The lowest BCUT2D eigenvalue weighted by molar-refractivity contribution is 0.426. The van der Waals surface area contributed by atoms with E-state index < -0.39 is 7.12 Å². The number of anilines is 1. The summed E-state index contributed by atoms with van der Waals surface area (Å²) in [6, 6.07) is 5.34. The van der Waals surface area contributed by atoms with Crippen molar-refractivity contribution < 1.29 is 10.0 Å². The number of nitrogens with two attached hydrogens (primary N) is 1. The molecule has 0 saturated carbocycles. The maximum Gasteiger partial charge on any atom is 0.490 e. The van der Waals surface area contributed by atoms with Gasteiger partial charge in [0.25, 0.3) is 0 Å². The highest BCUT2D eigenvalue weighted by Gasteiger charge is 2.19. The molecular formula is C10H16BNO2. The Morgan fingerprint density at radius 3 is 2.21 bits per heavy atom. The maximum atomic E-state index is 9.07. The van der Waals surface area contributed by atoms with Crippen molar-refractivity contribution in [2.24, 2.45) is 0 Å². The molecule has 0 saturated heterocycles. The van der Waals surface area contributed by atoms with Crippen LogP contribution in [0.2, 0.25) is 0 Å². The Bertz CT molecular complexity index is 331. The van der Waals surface area contributed by atoms with Crippen LogP contribution in [0.4, 0.5) is 5.69 Å². The van der Waals surface area contributed by atoms with E-state index in [0.29, 0.717) is 11.2 Å². The molecule has 0 fully saturated rings. The lowest BCUT2D eigenvalue weighted by Crippen LogP contribution is -2.33. The van der Waals surface area contributed by atoms with Crippen LogP contribution in [0, 0.1) is 0 Å². The van der Waals surface area contributed by atoms with Gasteiger partial charge in [-0.05, 0) is 17.0 Å². The van der Waals surface area contributed by atoms with Gasteiger partial charge in [-0.3, -0.25) is 0 Å². The second kappa shape index (κ2) is 3.63. The van der Waals surface area contributed by atoms with Crippen LogP contribution in [0.25, 0.3) is 0 Å². The van der Waals surface area contributed by atoms with Crippen molar-refractivity contribution in [3.63, 3.8) is 0 Å². The van der Waals surface area contributed by atoms with Gasteiger partial charge in [-0.2, -0.15) is 0 Å². The first-order valence-corrected chi connectivity index (χ1v) is 4.58. The van der Waals surface area contributed by atoms with Crippen molar-refractivity contribution in [3.8, 4) is 0 Å². The number of nitrogen functional groups attached to an aromatic ring is 1. The van der Waals surface area contributed by atoms with Gasteiger partial charge in [0.15, 0.2) is 0 Å². The van der Waals surface area contributed by atoms with Crippen molar-refractivity contribution in [1.29, 1.82) is 0 Å². The van der Waals surface area contributed by atoms with Crippen molar-refractivity contribution in [2.75, 3.05) is 5.73 Å². The number of rotatable bonds is 1. The van der Waals surface area contributed by atoms with E-state index in [9.17, 15) is 0 Å². The summed E-state index contributed by atoms with van der Waals surface area (Å²) in [5.41, 5.74) is 7.42. The van der Waals surface area contributed by atoms with Crippen LogP contribution in [0.1, 0.15) is 26.3 Å². The molecule has 1 aromatic carbocycles. The molecule has 0 aliphatic heterocycles. The molecule has 14 heavy (non-hydrogen) atoms. The Morgan fingerprint density at radius 1 is 1.21 bits per heavy atom. The molecule has 1 rings (SSSR count). The van der Waals surface area contributed by atoms with Gasteiger partial charge in [0.1, 0.15) is 0 Å². The van der Waals surface area contributed by atoms with Crippen molar-refractivity contribution >= 4 is 18.3 Å². The molecule has 0 atom stereocenters. The van der Waals surface area contributed by atoms with E-state index in [0.717, 1.165) is 5.56 Å². The predicted molar refractivity (Wildman–Crippen MR) is 59.4 cm³/mol. The van der Waals surface area contributed by atoms with E-state index in [1.54, 1.807) is 12.1 Å². The van der Waals surface area contributed by atoms with Gasteiger partial charge >= 0.3 is 7.12 Å². The fourth-order valence-electron chi connectivity index (χ4n) is 1.26. The van der Waals surface area contributed by atoms with Gasteiger partial charge in [0.2, 0.25) is 0 Å². The highest BCUT2D eigenvalue weighted by Crippen LogP contribution is 2.21. The number of benzene rings is 1. The number of hydrogen-bond acceptors (Lipinski definition) is 3. The third-order valence-electron chi connectivity index (χ3n) is 2.23. The minimum absolute atomic E-state index is 0.0165. The topological polar surface area (TPSA) is 66.5 Å². The fraction of sp³-hybridized carbons (Fsp3) is 0.400. The molecule has 76 valence electrons. The molecule has 0 radical (unpaired) electrons. The van der Waals surface area contributed by atoms with Gasteiger partial charge in [-0.15, -0.1) is 0 Å². The van der Waals surface area contributed by atoms with Crippen LogP contribution in [0.5, 0.6) is 0 Å². The van der Waals surface area contributed by atoms with Crippen molar-refractivity contribution in [1.82, 2.24) is 0 Å². The predicted octanol–water partition coefficient (Wildman–Crippen LogP) is 0.246. The van der Waals surface area contributed by atoms with Gasteiger partial charge in [-0.25, -0.2) is 0 Å². The summed E-state index contributed by atoms with van der Waals surface area (Å²) >= 11 is 0. The Labute approximate surface area is 84.7 Å². The van der Waals surface area contributed by atoms with E-state index in [-0.39, 0.29) is 5.41 Å². The van der Waals surface area contributed by atoms with Gasteiger partial charge < -0.3 is 15.8 Å². The lowest BCUT2D eigenvalue weighted by atomic mass is 9.75. The molecule has 0 aliphatic rings. The van der Waals surface area contributed by atoms with Crippen LogP contribution in [0.3, 0.4) is 0 Å². The SMILES string of the molecule is CC(C)(C)c1ccc(N)c(B(O)O)c1. The summed E-state index contributed by atoms with van der Waals surface area (Å²) < 4.78 is 0. The van der Waals surface area contributed by atoms with Crippen LogP contribution >= 0.6 is 0 Å². The summed E-state index contributed by atoms with van der Waals surface area (Å²) in [5.74, 6) is 0. The Balaban J connectivity index is 3.20. The normalized spacial score (nSPS) is 11.5. The second-order valence-corrected chi connectivity index (χ2v) is 4.47.